The molecule has 156 valence electrons. The number of ether oxygens (including phenoxy) is 1. The summed E-state index contributed by atoms with van der Waals surface area (Å²) in [6, 6.07) is 4.69. The predicted octanol–water partition coefficient (Wildman–Crippen LogP) is 3.15. The van der Waals surface area contributed by atoms with E-state index in [-0.39, 0.29) is 5.75 Å². The molecule has 31 heavy (non-hydrogen) atoms. The fourth-order valence-corrected chi connectivity index (χ4v) is 4.83. The molecule has 1 aromatic carbocycles. The summed E-state index contributed by atoms with van der Waals surface area (Å²) in [7, 11) is 3.13. The van der Waals surface area contributed by atoms with E-state index in [1.807, 2.05) is 0 Å². The van der Waals surface area contributed by atoms with Gasteiger partial charge in [-0.15, -0.1) is 11.3 Å². The molecule has 0 aliphatic rings. The van der Waals surface area contributed by atoms with Gasteiger partial charge in [0.2, 0.25) is 0 Å². The van der Waals surface area contributed by atoms with E-state index >= 15 is 0 Å². The van der Waals surface area contributed by atoms with Gasteiger partial charge >= 0.3 is 5.69 Å². The number of hydrogen-bond donors (Lipinski definition) is 1. The maximum absolute atomic E-state index is 14.0. The number of aryl methyl sites for hydroxylation is 2. The van der Waals surface area contributed by atoms with E-state index in [0.29, 0.717) is 37.2 Å². The fraction of sp³-hybridized carbons (Fsp3) is 0.143. The quantitative estimate of drug-likeness (QED) is 0.468. The number of halogens is 1. The van der Waals surface area contributed by atoms with Crippen molar-refractivity contribution in [3.63, 3.8) is 0 Å². The van der Waals surface area contributed by atoms with Gasteiger partial charge in [-0.2, -0.15) is 5.10 Å². The summed E-state index contributed by atoms with van der Waals surface area (Å²) in [5.74, 6) is -0.352. The molecule has 0 fully saturated rings. The standard InChI is InChI=1S/C21H16FN5O3S/c1-10-4-13(22)16(30-3)5-12(10)17-6-14-19(31-17)20(28)27(21(29)25-14)15-9-23-7-11-8-24-26(2)18(11)15/h4-9H,1-3H3,(H,25,29). The van der Waals surface area contributed by atoms with Crippen LogP contribution >= 0.6 is 11.3 Å². The molecule has 4 heterocycles. The van der Waals surface area contributed by atoms with Crippen LogP contribution in [-0.4, -0.2) is 31.4 Å². The highest BCUT2D eigenvalue weighted by Gasteiger charge is 2.18. The van der Waals surface area contributed by atoms with Crippen LogP contribution in [0.2, 0.25) is 0 Å². The Labute approximate surface area is 178 Å². The number of aromatic nitrogens is 5. The number of H-pyrrole nitrogens is 1. The summed E-state index contributed by atoms with van der Waals surface area (Å²) in [4.78, 5) is 33.9. The molecule has 0 radical (unpaired) electrons. The molecular formula is C21H16FN5O3S. The van der Waals surface area contributed by atoms with Crippen molar-refractivity contribution in [2.24, 2.45) is 7.05 Å². The molecule has 10 heteroatoms. The van der Waals surface area contributed by atoms with E-state index in [1.165, 1.54) is 30.7 Å². The van der Waals surface area contributed by atoms with E-state index in [4.69, 9.17) is 4.74 Å². The first-order valence-corrected chi connectivity index (χ1v) is 10.1. The molecule has 4 aromatic heterocycles. The van der Waals surface area contributed by atoms with Crippen molar-refractivity contribution < 1.29 is 9.13 Å². The van der Waals surface area contributed by atoms with Gasteiger partial charge in [-0.1, -0.05) is 0 Å². The lowest BCUT2D eigenvalue weighted by molar-refractivity contribution is 0.386. The lowest BCUT2D eigenvalue weighted by Crippen LogP contribution is -2.33. The normalized spacial score (nSPS) is 11.5. The second-order valence-electron chi connectivity index (χ2n) is 7.09. The van der Waals surface area contributed by atoms with E-state index in [9.17, 15) is 14.0 Å². The molecule has 0 saturated heterocycles. The number of nitrogens with zero attached hydrogens (tertiary/aromatic N) is 4. The number of nitrogens with one attached hydrogen (secondary N) is 1. The maximum Gasteiger partial charge on any atom is 0.333 e. The Morgan fingerprint density at radius 2 is 1.97 bits per heavy atom. The van der Waals surface area contributed by atoms with E-state index in [0.717, 1.165) is 10.1 Å². The first kappa shape index (κ1) is 19.2. The Bertz CT molecular complexity index is 1610. The summed E-state index contributed by atoms with van der Waals surface area (Å²) in [6.07, 6.45) is 4.71. The van der Waals surface area contributed by atoms with Crippen molar-refractivity contribution in [3.05, 3.63) is 69.0 Å². The summed E-state index contributed by atoms with van der Waals surface area (Å²) < 4.78 is 22.1. The highest BCUT2D eigenvalue weighted by Crippen LogP contribution is 2.36. The zero-order valence-electron chi connectivity index (χ0n) is 16.8. The highest BCUT2D eigenvalue weighted by atomic mass is 32.1. The van der Waals surface area contributed by atoms with E-state index in [2.05, 4.69) is 15.1 Å². The molecule has 0 aliphatic carbocycles. The zero-order valence-corrected chi connectivity index (χ0v) is 17.6. The third-order valence-electron chi connectivity index (χ3n) is 5.20. The number of fused-ring (bicyclic) bond motifs is 2. The van der Waals surface area contributed by atoms with Crippen LogP contribution in [0.1, 0.15) is 5.56 Å². The Morgan fingerprint density at radius 3 is 2.74 bits per heavy atom. The smallest absolute Gasteiger partial charge is 0.333 e. The second kappa shape index (κ2) is 6.88. The third kappa shape index (κ3) is 2.87. The van der Waals surface area contributed by atoms with Crippen molar-refractivity contribution in [2.45, 2.75) is 6.92 Å². The van der Waals surface area contributed by atoms with Gasteiger partial charge in [0, 0.05) is 23.5 Å². The summed E-state index contributed by atoms with van der Waals surface area (Å²) in [5.41, 5.74) is 1.76. The average molecular weight is 437 g/mol. The van der Waals surface area contributed by atoms with Crippen molar-refractivity contribution in [1.82, 2.24) is 24.3 Å². The first-order chi connectivity index (χ1) is 14.9. The van der Waals surface area contributed by atoms with Crippen molar-refractivity contribution >= 4 is 32.5 Å². The Balaban J connectivity index is 1.78. The van der Waals surface area contributed by atoms with Gasteiger partial charge in [0.15, 0.2) is 11.6 Å². The number of hydrogen-bond acceptors (Lipinski definition) is 6. The SMILES string of the molecule is COc1cc(-c2cc3[nH]c(=O)n(-c4cncc5cnn(C)c45)c(=O)c3s2)c(C)cc1F. The number of rotatable bonds is 3. The van der Waals surface area contributed by atoms with Crippen LogP contribution in [0.4, 0.5) is 4.39 Å². The topological polar surface area (TPSA) is 94.8 Å². The molecular weight excluding hydrogens is 421 g/mol. The second-order valence-corrected chi connectivity index (χ2v) is 8.14. The lowest BCUT2D eigenvalue weighted by atomic mass is 10.1. The van der Waals surface area contributed by atoms with Crippen LogP contribution in [0.25, 0.3) is 37.2 Å². The van der Waals surface area contributed by atoms with Crippen molar-refractivity contribution in [2.75, 3.05) is 7.11 Å². The number of aromatic amines is 1. The van der Waals surface area contributed by atoms with Crippen LogP contribution < -0.4 is 16.0 Å². The molecule has 0 amide bonds. The predicted molar refractivity (Wildman–Crippen MR) is 117 cm³/mol. The minimum Gasteiger partial charge on any atom is -0.494 e. The van der Waals surface area contributed by atoms with Crippen LogP contribution in [-0.2, 0) is 7.05 Å². The lowest BCUT2D eigenvalue weighted by Gasteiger charge is -2.07. The number of thiophene rings is 1. The largest absolute Gasteiger partial charge is 0.494 e. The molecule has 0 aliphatic heterocycles. The van der Waals surface area contributed by atoms with Crippen molar-refractivity contribution in [3.8, 4) is 21.9 Å². The zero-order chi connectivity index (χ0) is 21.9. The van der Waals surface area contributed by atoms with Crippen LogP contribution in [0, 0.1) is 12.7 Å². The molecule has 0 atom stereocenters. The van der Waals surface area contributed by atoms with Gasteiger partial charge in [0.1, 0.15) is 4.70 Å². The monoisotopic (exact) mass is 437 g/mol. The Kier molecular flexibility index (Phi) is 4.26. The van der Waals surface area contributed by atoms with Gasteiger partial charge in [-0.25, -0.2) is 13.8 Å². The van der Waals surface area contributed by atoms with E-state index in [1.54, 1.807) is 43.2 Å². The average Bonchev–Trinajstić information content (AvgIpc) is 3.32. The van der Waals surface area contributed by atoms with E-state index < -0.39 is 17.1 Å². The van der Waals surface area contributed by atoms with Gasteiger partial charge in [0.05, 0.1) is 36.2 Å². The molecule has 0 unspecified atom stereocenters. The third-order valence-corrected chi connectivity index (χ3v) is 6.36. The Hall–Kier alpha value is -3.79. The number of benzene rings is 1. The van der Waals surface area contributed by atoms with Crippen molar-refractivity contribution in [1.29, 1.82) is 0 Å². The summed E-state index contributed by atoms with van der Waals surface area (Å²) >= 11 is 1.22. The molecule has 1 N–H and O–H groups in total. The van der Waals surface area contributed by atoms with Gasteiger partial charge in [-0.3, -0.25) is 14.5 Å². The number of methoxy groups -OCH3 is 1. The van der Waals surface area contributed by atoms with Crippen LogP contribution in [0.15, 0.2) is 46.4 Å². The van der Waals surface area contributed by atoms with Gasteiger partial charge in [0.25, 0.3) is 5.56 Å². The first-order valence-electron chi connectivity index (χ1n) is 9.28. The number of pyridine rings is 1. The van der Waals surface area contributed by atoms with Crippen LogP contribution in [0.5, 0.6) is 5.75 Å². The van der Waals surface area contributed by atoms with Gasteiger partial charge in [-0.05, 0) is 36.2 Å². The molecule has 0 bridgehead atoms. The molecule has 5 rings (SSSR count). The minimum absolute atomic E-state index is 0.109. The maximum atomic E-state index is 14.0. The minimum atomic E-state index is -0.578. The summed E-state index contributed by atoms with van der Waals surface area (Å²) in [5, 5.41) is 4.90. The molecule has 8 nitrogen and oxygen atoms in total. The molecule has 0 spiro atoms. The summed E-state index contributed by atoms with van der Waals surface area (Å²) in [6.45, 7) is 1.78. The molecule has 5 aromatic rings. The Morgan fingerprint density at radius 1 is 1.16 bits per heavy atom. The van der Waals surface area contributed by atoms with Crippen LogP contribution in [0.3, 0.4) is 0 Å². The molecule has 0 saturated carbocycles. The highest BCUT2D eigenvalue weighted by molar-refractivity contribution is 7.22. The van der Waals surface area contributed by atoms with Gasteiger partial charge < -0.3 is 9.72 Å². The fourth-order valence-electron chi connectivity index (χ4n) is 3.71.